The number of amides is 2. The van der Waals surface area contributed by atoms with E-state index in [4.69, 9.17) is 9.47 Å². The molecule has 3 unspecified atom stereocenters. The highest BCUT2D eigenvalue weighted by Gasteiger charge is 2.39. The molecule has 0 radical (unpaired) electrons. The molecule has 0 aromatic heterocycles. The fraction of sp³-hybridized carbons (Fsp3) is 0.405. The molecule has 3 aromatic carbocycles. The second kappa shape index (κ2) is 20.1. The molecule has 3 N–H and O–H groups in total. The van der Waals surface area contributed by atoms with Gasteiger partial charge < -0.3 is 25.2 Å². The number of aliphatic hydroxyl groups is 1. The highest BCUT2D eigenvalue weighted by Crippen LogP contribution is 2.31. The van der Waals surface area contributed by atoms with Crippen molar-refractivity contribution in [2.75, 3.05) is 13.2 Å². The smallest absolute Gasteiger partial charge is 0.309 e. The van der Waals surface area contributed by atoms with Crippen molar-refractivity contribution in [3.63, 3.8) is 0 Å². The Morgan fingerprint density at radius 1 is 0.820 bits per heavy atom. The van der Waals surface area contributed by atoms with Crippen molar-refractivity contribution in [1.82, 2.24) is 10.6 Å². The van der Waals surface area contributed by atoms with E-state index in [-0.39, 0.29) is 43.3 Å². The van der Waals surface area contributed by atoms with E-state index in [1.807, 2.05) is 91.0 Å². The maximum absolute atomic E-state index is 13.7. The lowest BCUT2D eigenvalue weighted by Gasteiger charge is -2.32. The lowest BCUT2D eigenvalue weighted by molar-refractivity contribution is -0.152. The fourth-order valence-corrected chi connectivity index (χ4v) is 6.47. The number of nitrogens with one attached hydrogen (secondary N) is 2. The third kappa shape index (κ3) is 12.3. The van der Waals surface area contributed by atoms with Crippen LogP contribution in [0.1, 0.15) is 68.1 Å². The van der Waals surface area contributed by atoms with Gasteiger partial charge in [0.25, 0.3) is 0 Å². The SMILES string of the molecule is C=CCCC(Cc1ccccc1)C(=O)OCC1(NC(=O)C(CC=C)CC(=O)NC(CO)Cc2ccc(OCc3ccccc3)cc2)CCCC1. The second-order valence-electron chi connectivity index (χ2n) is 13.3. The summed E-state index contributed by atoms with van der Waals surface area (Å²) in [5, 5.41) is 16.1. The number of hydrogen-bond donors (Lipinski definition) is 3. The molecular weight excluding hydrogens is 628 g/mol. The van der Waals surface area contributed by atoms with Gasteiger partial charge in [-0.3, -0.25) is 14.4 Å². The van der Waals surface area contributed by atoms with Crippen LogP contribution in [0.4, 0.5) is 0 Å². The van der Waals surface area contributed by atoms with Crippen LogP contribution in [0.25, 0.3) is 0 Å². The monoisotopic (exact) mass is 680 g/mol. The number of carbonyl (C=O) groups excluding carboxylic acids is 3. The molecule has 0 bridgehead atoms. The van der Waals surface area contributed by atoms with Gasteiger partial charge in [-0.05, 0) is 73.8 Å². The lowest BCUT2D eigenvalue weighted by Crippen LogP contribution is -2.53. The molecule has 3 aromatic rings. The van der Waals surface area contributed by atoms with Crippen molar-refractivity contribution >= 4 is 17.8 Å². The number of carbonyl (C=O) groups is 3. The van der Waals surface area contributed by atoms with Crippen LogP contribution in [0.2, 0.25) is 0 Å². The van der Waals surface area contributed by atoms with Crippen LogP contribution >= 0.6 is 0 Å². The Kier molecular flexibility index (Phi) is 15.3. The number of allylic oxidation sites excluding steroid dienone is 2. The Bertz CT molecular complexity index is 1500. The molecule has 1 saturated carbocycles. The quantitative estimate of drug-likeness (QED) is 0.0857. The van der Waals surface area contributed by atoms with E-state index >= 15 is 0 Å². The first kappa shape index (κ1) is 38.1. The summed E-state index contributed by atoms with van der Waals surface area (Å²) < 4.78 is 11.8. The summed E-state index contributed by atoms with van der Waals surface area (Å²) in [6, 6.07) is 26.9. The summed E-state index contributed by atoms with van der Waals surface area (Å²) in [6.45, 7) is 7.92. The van der Waals surface area contributed by atoms with Crippen molar-refractivity contribution in [3.05, 3.63) is 127 Å². The average Bonchev–Trinajstić information content (AvgIpc) is 3.60. The molecule has 4 rings (SSSR count). The van der Waals surface area contributed by atoms with Gasteiger partial charge in [0.1, 0.15) is 19.0 Å². The summed E-state index contributed by atoms with van der Waals surface area (Å²) in [6.07, 6.45) is 9.24. The first-order valence-electron chi connectivity index (χ1n) is 17.7. The average molecular weight is 681 g/mol. The minimum Gasteiger partial charge on any atom is -0.489 e. The first-order valence-corrected chi connectivity index (χ1v) is 17.7. The normalized spacial score (nSPS) is 15.2. The summed E-state index contributed by atoms with van der Waals surface area (Å²) in [7, 11) is 0. The Morgan fingerprint density at radius 3 is 2.08 bits per heavy atom. The van der Waals surface area contributed by atoms with Crippen LogP contribution in [0.15, 0.2) is 110 Å². The van der Waals surface area contributed by atoms with Gasteiger partial charge in [-0.15, -0.1) is 13.2 Å². The number of rotatable bonds is 21. The first-order chi connectivity index (χ1) is 24.3. The molecule has 8 heteroatoms. The van der Waals surface area contributed by atoms with Crippen LogP contribution in [-0.4, -0.2) is 47.7 Å². The van der Waals surface area contributed by atoms with Crippen molar-refractivity contribution in [1.29, 1.82) is 0 Å². The molecule has 1 aliphatic rings. The lowest BCUT2D eigenvalue weighted by atomic mass is 9.93. The van der Waals surface area contributed by atoms with Gasteiger partial charge in [-0.2, -0.15) is 0 Å². The predicted molar refractivity (Wildman–Crippen MR) is 196 cm³/mol. The zero-order valence-electron chi connectivity index (χ0n) is 29.1. The Morgan fingerprint density at radius 2 is 1.46 bits per heavy atom. The van der Waals surface area contributed by atoms with Crippen LogP contribution in [0.3, 0.4) is 0 Å². The van der Waals surface area contributed by atoms with Crippen LogP contribution in [0, 0.1) is 11.8 Å². The highest BCUT2D eigenvalue weighted by atomic mass is 16.5. The van der Waals surface area contributed by atoms with Crippen molar-refractivity contribution in [2.24, 2.45) is 11.8 Å². The van der Waals surface area contributed by atoms with E-state index < -0.39 is 17.5 Å². The van der Waals surface area contributed by atoms with Gasteiger partial charge >= 0.3 is 5.97 Å². The Balaban J connectivity index is 1.30. The largest absolute Gasteiger partial charge is 0.489 e. The minimum atomic E-state index is -0.678. The number of benzene rings is 3. The molecule has 0 spiro atoms. The molecule has 8 nitrogen and oxygen atoms in total. The molecule has 50 heavy (non-hydrogen) atoms. The molecule has 0 aliphatic heterocycles. The van der Waals surface area contributed by atoms with E-state index in [2.05, 4.69) is 23.8 Å². The summed E-state index contributed by atoms with van der Waals surface area (Å²) in [5.74, 6) is -1.10. The number of hydrogen-bond acceptors (Lipinski definition) is 6. The fourth-order valence-electron chi connectivity index (χ4n) is 6.47. The van der Waals surface area contributed by atoms with E-state index in [1.165, 1.54) is 0 Å². The highest BCUT2D eigenvalue weighted by molar-refractivity contribution is 5.86. The molecule has 0 saturated heterocycles. The zero-order valence-corrected chi connectivity index (χ0v) is 29.1. The van der Waals surface area contributed by atoms with Crippen molar-refractivity contribution in [3.8, 4) is 5.75 Å². The number of aliphatic hydroxyl groups excluding tert-OH is 1. The van der Waals surface area contributed by atoms with Crippen LogP contribution in [-0.2, 0) is 38.6 Å². The molecule has 266 valence electrons. The van der Waals surface area contributed by atoms with Crippen LogP contribution in [0.5, 0.6) is 5.75 Å². The van der Waals surface area contributed by atoms with Crippen molar-refractivity contribution < 1.29 is 29.0 Å². The standard InChI is InChI=1S/C42H52N2O6/c1-3-5-19-36(26-32-15-8-6-9-16-32)41(48)50-31-42(24-12-13-25-42)44-40(47)35(14-4-2)28-39(46)43-37(29-45)27-33-20-22-38(23-21-33)49-30-34-17-10-7-11-18-34/h3-4,6-11,15-18,20-23,35-37,45H,1-2,5,12-14,19,24-31H2,(H,43,46)(H,44,47). The molecule has 3 atom stereocenters. The third-order valence-electron chi connectivity index (χ3n) is 9.31. The van der Waals surface area contributed by atoms with Gasteiger partial charge in [-0.1, -0.05) is 97.8 Å². The summed E-state index contributed by atoms with van der Waals surface area (Å²) >= 11 is 0. The molecular formula is C42H52N2O6. The van der Waals surface area contributed by atoms with Crippen molar-refractivity contribution in [2.45, 2.75) is 82.4 Å². The number of ether oxygens (including phenoxy) is 2. The van der Waals surface area contributed by atoms with E-state index in [9.17, 15) is 19.5 Å². The van der Waals surface area contributed by atoms with E-state index in [0.717, 1.165) is 35.3 Å². The second-order valence-corrected chi connectivity index (χ2v) is 13.3. The van der Waals surface area contributed by atoms with Gasteiger partial charge in [0.2, 0.25) is 11.8 Å². The van der Waals surface area contributed by atoms with E-state index in [0.29, 0.717) is 51.6 Å². The maximum atomic E-state index is 13.7. The Labute approximate surface area is 297 Å². The van der Waals surface area contributed by atoms with Gasteiger partial charge in [-0.25, -0.2) is 0 Å². The van der Waals surface area contributed by atoms with Gasteiger partial charge in [0, 0.05) is 6.42 Å². The molecule has 1 fully saturated rings. The molecule has 1 aliphatic carbocycles. The number of esters is 1. The predicted octanol–water partition coefficient (Wildman–Crippen LogP) is 6.66. The summed E-state index contributed by atoms with van der Waals surface area (Å²) in [4.78, 5) is 40.2. The van der Waals surface area contributed by atoms with Gasteiger partial charge in [0.15, 0.2) is 0 Å². The topological polar surface area (TPSA) is 114 Å². The maximum Gasteiger partial charge on any atom is 0.309 e. The third-order valence-corrected chi connectivity index (χ3v) is 9.31. The Hall–Kier alpha value is -4.69. The molecule has 0 heterocycles. The molecule has 2 amide bonds. The van der Waals surface area contributed by atoms with Crippen LogP contribution < -0.4 is 15.4 Å². The van der Waals surface area contributed by atoms with E-state index in [1.54, 1.807) is 6.08 Å². The van der Waals surface area contributed by atoms with Gasteiger partial charge in [0.05, 0.1) is 30.0 Å². The minimum absolute atomic E-state index is 0.0583. The zero-order chi connectivity index (χ0) is 35.6. The summed E-state index contributed by atoms with van der Waals surface area (Å²) in [5.41, 5.74) is 2.40.